The van der Waals surface area contributed by atoms with Crippen LogP contribution in [-0.4, -0.2) is 50.7 Å². The van der Waals surface area contributed by atoms with Crippen LogP contribution in [0.3, 0.4) is 0 Å². The van der Waals surface area contributed by atoms with Gasteiger partial charge in [-0.3, -0.25) is 14.9 Å². The van der Waals surface area contributed by atoms with Crippen molar-refractivity contribution in [2.75, 3.05) is 25.0 Å². The Morgan fingerprint density at radius 3 is 2.88 bits per heavy atom. The molecule has 33 heavy (non-hydrogen) atoms. The Bertz CT molecular complexity index is 1250. The lowest BCUT2D eigenvalue weighted by atomic mass is 10.0. The highest BCUT2D eigenvalue weighted by Crippen LogP contribution is 2.29. The molecule has 1 fully saturated rings. The molecule has 1 saturated heterocycles. The Morgan fingerprint density at radius 2 is 2.06 bits per heavy atom. The minimum Gasteiger partial charge on any atom is -0.484 e. The molecular weight excluding hydrogens is 423 g/mol. The fourth-order valence-electron chi connectivity index (χ4n) is 3.95. The minimum absolute atomic E-state index is 0.0728. The van der Waals surface area contributed by atoms with E-state index in [9.17, 15) is 9.18 Å². The zero-order valence-corrected chi connectivity index (χ0v) is 17.9. The van der Waals surface area contributed by atoms with Crippen LogP contribution in [0, 0.1) is 5.82 Å². The summed E-state index contributed by atoms with van der Waals surface area (Å²) in [6.45, 7) is 1.73. The molecule has 8 nitrogen and oxygen atoms in total. The van der Waals surface area contributed by atoms with E-state index >= 15 is 0 Å². The molecule has 1 atom stereocenters. The quantitative estimate of drug-likeness (QED) is 0.451. The molecule has 0 bridgehead atoms. The summed E-state index contributed by atoms with van der Waals surface area (Å²) in [6.07, 6.45) is 2.60. The van der Waals surface area contributed by atoms with Crippen molar-refractivity contribution in [3.63, 3.8) is 0 Å². The number of hydrogen-bond acceptors (Lipinski definition) is 6. The zero-order valence-electron chi connectivity index (χ0n) is 17.9. The van der Waals surface area contributed by atoms with E-state index in [4.69, 9.17) is 9.72 Å². The number of amides is 1. The number of rotatable bonds is 7. The Morgan fingerprint density at radius 1 is 1.18 bits per heavy atom. The van der Waals surface area contributed by atoms with E-state index in [-0.39, 0.29) is 24.2 Å². The number of H-pyrrole nitrogens is 1. The molecule has 0 radical (unpaired) electrons. The van der Waals surface area contributed by atoms with Gasteiger partial charge in [0.05, 0.1) is 17.6 Å². The molecule has 1 aliphatic heterocycles. The standard InChI is InChI=1S/C24H23FN6O2/c25-17-4-6-19(7-5-17)33-15-22(32)31-12-10-16(14-31)21-9-8-20-23(29-30-24(20)28-21)27-13-18-3-1-2-11-26-18/h1-9,11,16H,10,12-15H2,(H2,27,28,29,30)/t16-/m1/s1. The second-order valence-corrected chi connectivity index (χ2v) is 7.95. The number of aromatic amines is 1. The number of aromatic nitrogens is 4. The first-order chi connectivity index (χ1) is 16.2. The lowest BCUT2D eigenvalue weighted by molar-refractivity contribution is -0.132. The second-order valence-electron chi connectivity index (χ2n) is 7.95. The molecule has 0 saturated carbocycles. The fraction of sp³-hybridized carbons (Fsp3) is 0.250. The number of halogens is 1. The van der Waals surface area contributed by atoms with Crippen LogP contribution in [-0.2, 0) is 11.3 Å². The molecular formula is C24H23FN6O2. The third kappa shape index (κ3) is 4.77. The third-order valence-electron chi connectivity index (χ3n) is 5.74. The molecule has 0 unspecified atom stereocenters. The summed E-state index contributed by atoms with van der Waals surface area (Å²) in [5, 5.41) is 11.5. The average Bonchev–Trinajstić information content (AvgIpc) is 3.50. The van der Waals surface area contributed by atoms with Crippen LogP contribution in [0.1, 0.15) is 23.7 Å². The smallest absolute Gasteiger partial charge is 0.260 e. The second kappa shape index (κ2) is 9.23. The van der Waals surface area contributed by atoms with E-state index in [1.54, 1.807) is 11.1 Å². The summed E-state index contributed by atoms with van der Waals surface area (Å²) >= 11 is 0. The summed E-state index contributed by atoms with van der Waals surface area (Å²) in [5.74, 6) is 0.923. The van der Waals surface area contributed by atoms with Crippen molar-refractivity contribution < 1.29 is 13.9 Å². The minimum atomic E-state index is -0.339. The van der Waals surface area contributed by atoms with Crippen LogP contribution >= 0.6 is 0 Å². The van der Waals surface area contributed by atoms with Gasteiger partial charge in [0.1, 0.15) is 11.6 Å². The van der Waals surface area contributed by atoms with Crippen molar-refractivity contribution >= 4 is 22.8 Å². The first-order valence-electron chi connectivity index (χ1n) is 10.8. The summed E-state index contributed by atoms with van der Waals surface area (Å²) in [4.78, 5) is 23.4. The number of fused-ring (bicyclic) bond motifs is 1. The number of ether oxygens (including phenoxy) is 1. The van der Waals surface area contributed by atoms with Gasteiger partial charge in [-0.15, -0.1) is 0 Å². The van der Waals surface area contributed by atoms with Crippen LogP contribution in [0.15, 0.2) is 60.8 Å². The maximum Gasteiger partial charge on any atom is 0.260 e. The highest BCUT2D eigenvalue weighted by atomic mass is 19.1. The molecule has 9 heteroatoms. The maximum atomic E-state index is 13.0. The number of nitrogens with zero attached hydrogens (tertiary/aromatic N) is 4. The van der Waals surface area contributed by atoms with Gasteiger partial charge >= 0.3 is 0 Å². The van der Waals surface area contributed by atoms with Crippen molar-refractivity contribution in [3.05, 3.63) is 78.0 Å². The molecule has 1 aromatic carbocycles. The number of nitrogens with one attached hydrogen (secondary N) is 2. The van der Waals surface area contributed by atoms with E-state index in [0.717, 1.165) is 29.0 Å². The largest absolute Gasteiger partial charge is 0.484 e. The van der Waals surface area contributed by atoms with Gasteiger partial charge in [-0.05, 0) is 55.0 Å². The van der Waals surface area contributed by atoms with Gasteiger partial charge in [-0.25, -0.2) is 9.37 Å². The Hall–Kier alpha value is -4.01. The Balaban J connectivity index is 1.19. The number of carbonyl (C=O) groups is 1. The van der Waals surface area contributed by atoms with Crippen LogP contribution in [0.4, 0.5) is 10.2 Å². The Labute approximate surface area is 189 Å². The van der Waals surface area contributed by atoms with Gasteiger partial charge in [-0.1, -0.05) is 6.07 Å². The SMILES string of the molecule is O=C(COc1ccc(F)cc1)N1CC[C@@H](c2ccc3c(NCc4ccccn4)n[nH]c3n2)C1. The van der Waals surface area contributed by atoms with Crippen molar-refractivity contribution in [1.82, 2.24) is 25.1 Å². The lowest BCUT2D eigenvalue weighted by Gasteiger charge is -2.17. The van der Waals surface area contributed by atoms with Gasteiger partial charge in [0.15, 0.2) is 18.1 Å². The van der Waals surface area contributed by atoms with Crippen LogP contribution < -0.4 is 10.1 Å². The van der Waals surface area contributed by atoms with E-state index in [0.29, 0.717) is 31.0 Å². The Kier molecular flexibility index (Phi) is 5.84. The zero-order chi connectivity index (χ0) is 22.6. The molecule has 1 amide bonds. The van der Waals surface area contributed by atoms with Crippen molar-refractivity contribution in [2.24, 2.45) is 0 Å². The molecule has 5 rings (SSSR count). The van der Waals surface area contributed by atoms with Crippen molar-refractivity contribution in [3.8, 4) is 5.75 Å². The van der Waals surface area contributed by atoms with Crippen LogP contribution in [0.25, 0.3) is 11.0 Å². The van der Waals surface area contributed by atoms with Crippen molar-refractivity contribution in [2.45, 2.75) is 18.9 Å². The molecule has 1 aliphatic rings. The van der Waals surface area contributed by atoms with Gasteiger partial charge in [0.2, 0.25) is 0 Å². The van der Waals surface area contributed by atoms with E-state index in [1.165, 1.54) is 24.3 Å². The topological polar surface area (TPSA) is 96.0 Å². The number of benzene rings is 1. The third-order valence-corrected chi connectivity index (χ3v) is 5.74. The number of carbonyl (C=O) groups excluding carboxylic acids is 1. The number of hydrogen-bond donors (Lipinski definition) is 2. The van der Waals surface area contributed by atoms with E-state index in [1.807, 2.05) is 30.3 Å². The van der Waals surface area contributed by atoms with Crippen LogP contribution in [0.5, 0.6) is 5.75 Å². The molecule has 4 aromatic rings. The van der Waals surface area contributed by atoms with E-state index in [2.05, 4.69) is 20.5 Å². The maximum absolute atomic E-state index is 13.0. The van der Waals surface area contributed by atoms with Gasteiger partial charge in [0, 0.05) is 30.9 Å². The monoisotopic (exact) mass is 446 g/mol. The number of pyridine rings is 2. The summed E-state index contributed by atoms with van der Waals surface area (Å²) in [6, 6.07) is 15.4. The predicted octanol–water partition coefficient (Wildman–Crippen LogP) is 3.50. The highest BCUT2D eigenvalue weighted by molar-refractivity contribution is 5.87. The number of likely N-dealkylation sites (tertiary alicyclic amines) is 1. The van der Waals surface area contributed by atoms with Gasteiger partial charge in [-0.2, -0.15) is 5.10 Å². The van der Waals surface area contributed by atoms with Gasteiger partial charge < -0.3 is 15.0 Å². The fourth-order valence-corrected chi connectivity index (χ4v) is 3.95. The van der Waals surface area contributed by atoms with E-state index < -0.39 is 0 Å². The first kappa shape index (κ1) is 20.9. The first-order valence-corrected chi connectivity index (χ1v) is 10.8. The average molecular weight is 446 g/mol. The molecule has 2 N–H and O–H groups in total. The molecule has 0 aliphatic carbocycles. The summed E-state index contributed by atoms with van der Waals surface area (Å²) < 4.78 is 18.5. The summed E-state index contributed by atoms with van der Waals surface area (Å²) in [5.41, 5.74) is 2.56. The normalized spacial score (nSPS) is 15.7. The lowest BCUT2D eigenvalue weighted by Crippen LogP contribution is -2.32. The molecule has 168 valence electrons. The van der Waals surface area contributed by atoms with Gasteiger partial charge in [0.25, 0.3) is 5.91 Å². The molecule has 4 heterocycles. The number of anilines is 1. The van der Waals surface area contributed by atoms with Crippen LogP contribution in [0.2, 0.25) is 0 Å². The summed E-state index contributed by atoms with van der Waals surface area (Å²) in [7, 11) is 0. The highest BCUT2D eigenvalue weighted by Gasteiger charge is 2.28. The molecule has 3 aromatic heterocycles. The molecule has 0 spiro atoms. The van der Waals surface area contributed by atoms with Crippen molar-refractivity contribution in [1.29, 1.82) is 0 Å². The predicted molar refractivity (Wildman–Crippen MR) is 121 cm³/mol.